The molecule has 114 valence electrons. The second-order valence-corrected chi connectivity index (χ2v) is 6.90. The summed E-state index contributed by atoms with van der Waals surface area (Å²) >= 11 is 0. The molecule has 2 rings (SSSR count). The molecule has 0 saturated heterocycles. The van der Waals surface area contributed by atoms with E-state index in [1.165, 1.54) is 0 Å². The summed E-state index contributed by atoms with van der Waals surface area (Å²) in [6.07, 6.45) is 0.611. The second kappa shape index (κ2) is 7.21. The van der Waals surface area contributed by atoms with Gasteiger partial charge in [0, 0.05) is 6.04 Å². The van der Waals surface area contributed by atoms with Crippen LogP contribution in [0.3, 0.4) is 0 Å². The number of rotatable bonds is 6. The van der Waals surface area contributed by atoms with Crippen LogP contribution in [0.4, 0.5) is 0 Å². The summed E-state index contributed by atoms with van der Waals surface area (Å²) in [5.74, 6) is 0. The van der Waals surface area contributed by atoms with Gasteiger partial charge >= 0.3 is 0 Å². The van der Waals surface area contributed by atoms with Crippen LogP contribution in [0.1, 0.15) is 17.5 Å². The van der Waals surface area contributed by atoms with Gasteiger partial charge in [-0.3, -0.25) is 0 Å². The molecular weight excluding hydrogens is 296 g/mol. The Labute approximate surface area is 131 Å². The number of benzene rings is 2. The van der Waals surface area contributed by atoms with Crippen LogP contribution in [0.5, 0.6) is 0 Å². The van der Waals surface area contributed by atoms with E-state index in [4.69, 9.17) is 5.26 Å². The number of nitriles is 1. The molecule has 22 heavy (non-hydrogen) atoms. The Morgan fingerprint density at radius 3 is 2.32 bits per heavy atom. The Bertz CT molecular complexity index is 747. The highest BCUT2D eigenvalue weighted by Gasteiger charge is 2.20. The van der Waals surface area contributed by atoms with Crippen LogP contribution in [-0.2, 0) is 16.4 Å². The zero-order valence-corrected chi connectivity index (χ0v) is 13.2. The number of sulfonamides is 1. The van der Waals surface area contributed by atoms with E-state index in [0.717, 1.165) is 11.1 Å². The van der Waals surface area contributed by atoms with Gasteiger partial charge in [0.1, 0.15) is 0 Å². The second-order valence-electron chi connectivity index (χ2n) is 5.18. The van der Waals surface area contributed by atoms with Crippen molar-refractivity contribution in [3.63, 3.8) is 0 Å². The fourth-order valence-corrected chi connectivity index (χ4v) is 3.41. The van der Waals surface area contributed by atoms with Crippen LogP contribution >= 0.6 is 0 Å². The van der Waals surface area contributed by atoms with E-state index in [9.17, 15) is 8.42 Å². The monoisotopic (exact) mass is 314 g/mol. The average molecular weight is 314 g/mol. The summed E-state index contributed by atoms with van der Waals surface area (Å²) in [6.45, 7) is 1.90. The minimum Gasteiger partial charge on any atom is -0.207 e. The van der Waals surface area contributed by atoms with Gasteiger partial charge in [-0.25, -0.2) is 13.1 Å². The topological polar surface area (TPSA) is 70.0 Å². The minimum absolute atomic E-state index is 0.125. The number of aryl methyl sites for hydroxylation is 1. The zero-order valence-electron chi connectivity index (χ0n) is 12.4. The van der Waals surface area contributed by atoms with Gasteiger partial charge in [0.15, 0.2) is 0 Å². The molecule has 0 aliphatic carbocycles. The standard InChI is InChI=1S/C17H18N2O2S/c1-14-7-9-17(10-8-14)22(20,21)19-16(11-12-18)13-15-5-3-2-4-6-15/h2-10,16,19H,11,13H2,1H3. The molecule has 0 saturated carbocycles. The molecular formula is C17H18N2O2S. The largest absolute Gasteiger partial charge is 0.240 e. The third-order valence-electron chi connectivity index (χ3n) is 3.32. The summed E-state index contributed by atoms with van der Waals surface area (Å²) in [5.41, 5.74) is 1.99. The average Bonchev–Trinajstić information content (AvgIpc) is 2.48. The lowest BCUT2D eigenvalue weighted by Crippen LogP contribution is -2.36. The van der Waals surface area contributed by atoms with Gasteiger partial charge in [-0.1, -0.05) is 48.0 Å². The highest BCUT2D eigenvalue weighted by molar-refractivity contribution is 7.89. The molecule has 4 nitrogen and oxygen atoms in total. The number of nitrogens with one attached hydrogen (secondary N) is 1. The van der Waals surface area contributed by atoms with Crippen LogP contribution in [-0.4, -0.2) is 14.5 Å². The molecule has 2 aromatic rings. The first-order valence-corrected chi connectivity index (χ1v) is 8.49. The van der Waals surface area contributed by atoms with Crippen LogP contribution in [0.2, 0.25) is 0 Å². The summed E-state index contributed by atoms with van der Waals surface area (Å²) in [5, 5.41) is 8.93. The summed E-state index contributed by atoms with van der Waals surface area (Å²) < 4.78 is 27.4. The Balaban J connectivity index is 2.16. The van der Waals surface area contributed by atoms with Crippen molar-refractivity contribution in [1.82, 2.24) is 4.72 Å². The van der Waals surface area contributed by atoms with E-state index in [1.54, 1.807) is 24.3 Å². The first-order valence-electron chi connectivity index (χ1n) is 7.01. The molecule has 0 aliphatic rings. The lowest BCUT2D eigenvalue weighted by molar-refractivity contribution is 0.548. The fraction of sp³-hybridized carbons (Fsp3) is 0.235. The lowest BCUT2D eigenvalue weighted by Gasteiger charge is -2.16. The Kier molecular flexibility index (Phi) is 5.31. The molecule has 1 unspecified atom stereocenters. The first kappa shape index (κ1) is 16.2. The molecule has 0 aromatic heterocycles. The number of hydrogen-bond acceptors (Lipinski definition) is 3. The van der Waals surface area contributed by atoms with Gasteiger partial charge in [0.05, 0.1) is 17.4 Å². The number of hydrogen-bond donors (Lipinski definition) is 1. The maximum Gasteiger partial charge on any atom is 0.240 e. The summed E-state index contributed by atoms with van der Waals surface area (Å²) in [7, 11) is -3.62. The predicted octanol–water partition coefficient (Wildman–Crippen LogP) is 2.80. The molecule has 1 atom stereocenters. The lowest BCUT2D eigenvalue weighted by atomic mass is 10.1. The van der Waals surface area contributed by atoms with E-state index in [0.29, 0.717) is 6.42 Å². The van der Waals surface area contributed by atoms with Gasteiger partial charge in [-0.2, -0.15) is 5.26 Å². The molecule has 0 fully saturated rings. The van der Waals surface area contributed by atoms with Crippen molar-refractivity contribution < 1.29 is 8.42 Å². The van der Waals surface area contributed by atoms with E-state index < -0.39 is 16.1 Å². The van der Waals surface area contributed by atoms with Crippen LogP contribution in [0, 0.1) is 18.3 Å². The predicted molar refractivity (Wildman–Crippen MR) is 85.7 cm³/mol. The molecule has 0 heterocycles. The SMILES string of the molecule is Cc1ccc(S(=O)(=O)NC(CC#N)Cc2ccccc2)cc1. The molecule has 0 spiro atoms. The first-order chi connectivity index (χ1) is 10.5. The van der Waals surface area contributed by atoms with Crippen molar-refractivity contribution >= 4 is 10.0 Å². The minimum atomic E-state index is -3.62. The molecule has 0 amide bonds. The molecule has 5 heteroatoms. The van der Waals surface area contributed by atoms with Crippen molar-refractivity contribution in [2.24, 2.45) is 0 Å². The molecule has 0 radical (unpaired) electrons. The smallest absolute Gasteiger partial charge is 0.207 e. The summed E-state index contributed by atoms with van der Waals surface area (Å²) in [4.78, 5) is 0.217. The Morgan fingerprint density at radius 2 is 1.73 bits per heavy atom. The van der Waals surface area contributed by atoms with Gasteiger partial charge in [0.25, 0.3) is 0 Å². The Hall–Kier alpha value is -2.16. The number of nitrogens with zero attached hydrogens (tertiary/aromatic N) is 1. The van der Waals surface area contributed by atoms with E-state index in [-0.39, 0.29) is 11.3 Å². The third-order valence-corrected chi connectivity index (χ3v) is 4.85. The molecule has 0 bridgehead atoms. The quantitative estimate of drug-likeness (QED) is 0.891. The van der Waals surface area contributed by atoms with Crippen molar-refractivity contribution in [1.29, 1.82) is 5.26 Å². The van der Waals surface area contributed by atoms with Gasteiger partial charge in [0.2, 0.25) is 10.0 Å². The van der Waals surface area contributed by atoms with Crippen molar-refractivity contribution in [2.45, 2.75) is 30.7 Å². The zero-order chi connectivity index (χ0) is 16.0. The third kappa shape index (κ3) is 4.42. The van der Waals surface area contributed by atoms with Crippen molar-refractivity contribution in [3.05, 3.63) is 65.7 Å². The highest BCUT2D eigenvalue weighted by atomic mass is 32.2. The maximum atomic E-state index is 12.4. The fourth-order valence-electron chi connectivity index (χ4n) is 2.17. The van der Waals surface area contributed by atoms with Crippen LogP contribution in [0.15, 0.2) is 59.5 Å². The van der Waals surface area contributed by atoms with Gasteiger partial charge in [-0.15, -0.1) is 0 Å². The summed E-state index contributed by atoms with van der Waals surface area (Å²) in [6, 6.07) is 17.8. The van der Waals surface area contributed by atoms with Gasteiger partial charge < -0.3 is 0 Å². The van der Waals surface area contributed by atoms with Crippen molar-refractivity contribution in [2.75, 3.05) is 0 Å². The maximum absolute atomic E-state index is 12.4. The highest BCUT2D eigenvalue weighted by Crippen LogP contribution is 2.13. The van der Waals surface area contributed by atoms with Crippen LogP contribution in [0.25, 0.3) is 0 Å². The molecule has 1 N–H and O–H groups in total. The molecule has 2 aromatic carbocycles. The Morgan fingerprint density at radius 1 is 1.09 bits per heavy atom. The van der Waals surface area contributed by atoms with E-state index in [2.05, 4.69) is 4.72 Å². The van der Waals surface area contributed by atoms with Crippen molar-refractivity contribution in [3.8, 4) is 6.07 Å². The van der Waals surface area contributed by atoms with E-state index in [1.807, 2.05) is 43.3 Å². The van der Waals surface area contributed by atoms with Crippen LogP contribution < -0.4 is 4.72 Å². The molecule has 0 aliphatic heterocycles. The normalized spacial score (nSPS) is 12.5. The van der Waals surface area contributed by atoms with E-state index >= 15 is 0 Å². The van der Waals surface area contributed by atoms with Gasteiger partial charge in [-0.05, 0) is 31.0 Å².